The largest absolute Gasteiger partial charge is 0.324 e. The quantitative estimate of drug-likeness (QED) is 0.818. The molecule has 0 aliphatic heterocycles. The van der Waals surface area contributed by atoms with Crippen molar-refractivity contribution in [1.29, 1.82) is 0 Å². The third-order valence-corrected chi connectivity index (χ3v) is 3.23. The van der Waals surface area contributed by atoms with Gasteiger partial charge in [-0.15, -0.1) is 10.2 Å². The third-order valence-electron chi connectivity index (χ3n) is 3.23. The molecule has 0 bridgehead atoms. The van der Waals surface area contributed by atoms with E-state index in [0.29, 0.717) is 12.6 Å². The number of aromatic nitrogens is 3. The molecule has 1 aromatic heterocycles. The molecule has 4 heteroatoms. The number of rotatable bonds is 4. The molecule has 1 heterocycles. The SMILES string of the molecule is CC(C)n1c(CN)nnc1CC1CCC1. The van der Waals surface area contributed by atoms with E-state index in [9.17, 15) is 0 Å². The zero-order valence-electron chi connectivity index (χ0n) is 9.61. The maximum atomic E-state index is 5.66. The molecule has 2 N–H and O–H groups in total. The van der Waals surface area contributed by atoms with Crippen LogP contribution in [0.1, 0.15) is 50.8 Å². The van der Waals surface area contributed by atoms with E-state index in [1.165, 1.54) is 19.3 Å². The van der Waals surface area contributed by atoms with E-state index in [0.717, 1.165) is 24.0 Å². The first-order valence-electron chi connectivity index (χ1n) is 5.85. The van der Waals surface area contributed by atoms with Crippen LogP contribution in [0.15, 0.2) is 0 Å². The van der Waals surface area contributed by atoms with Crippen LogP contribution in [0.2, 0.25) is 0 Å². The van der Waals surface area contributed by atoms with Gasteiger partial charge in [-0.05, 0) is 19.8 Å². The molecule has 0 saturated heterocycles. The molecule has 4 nitrogen and oxygen atoms in total. The zero-order chi connectivity index (χ0) is 10.8. The fourth-order valence-electron chi connectivity index (χ4n) is 2.19. The first kappa shape index (κ1) is 10.6. The Bertz CT molecular complexity index is 325. The second-order valence-corrected chi connectivity index (χ2v) is 4.70. The lowest BCUT2D eigenvalue weighted by atomic mass is 9.83. The van der Waals surface area contributed by atoms with Crippen molar-refractivity contribution in [2.45, 2.75) is 52.1 Å². The lowest BCUT2D eigenvalue weighted by Crippen LogP contribution is -2.19. The molecular formula is C11H20N4. The molecule has 2 rings (SSSR count). The Morgan fingerprint density at radius 3 is 2.47 bits per heavy atom. The number of nitrogens with two attached hydrogens (primary N) is 1. The molecule has 0 radical (unpaired) electrons. The van der Waals surface area contributed by atoms with Crippen LogP contribution in [0.5, 0.6) is 0 Å². The Hall–Kier alpha value is -0.900. The van der Waals surface area contributed by atoms with Crippen molar-refractivity contribution >= 4 is 0 Å². The predicted octanol–water partition coefficient (Wildman–Crippen LogP) is 1.66. The molecule has 0 spiro atoms. The van der Waals surface area contributed by atoms with E-state index >= 15 is 0 Å². The molecule has 1 saturated carbocycles. The molecule has 0 atom stereocenters. The lowest BCUT2D eigenvalue weighted by Gasteiger charge is -2.25. The number of hydrogen-bond donors (Lipinski definition) is 1. The Morgan fingerprint density at radius 2 is 2.00 bits per heavy atom. The van der Waals surface area contributed by atoms with Gasteiger partial charge in [-0.25, -0.2) is 0 Å². The van der Waals surface area contributed by atoms with Crippen LogP contribution in [0.4, 0.5) is 0 Å². The Labute approximate surface area is 90.9 Å². The van der Waals surface area contributed by atoms with E-state index in [2.05, 4.69) is 28.6 Å². The first-order valence-corrected chi connectivity index (χ1v) is 5.85. The second-order valence-electron chi connectivity index (χ2n) is 4.70. The number of hydrogen-bond acceptors (Lipinski definition) is 3. The summed E-state index contributed by atoms with van der Waals surface area (Å²) in [4.78, 5) is 0. The van der Waals surface area contributed by atoms with Gasteiger partial charge in [0.25, 0.3) is 0 Å². The molecule has 15 heavy (non-hydrogen) atoms. The van der Waals surface area contributed by atoms with Crippen LogP contribution in [-0.2, 0) is 13.0 Å². The molecule has 1 aromatic rings. The molecule has 1 aliphatic carbocycles. The topological polar surface area (TPSA) is 56.7 Å². The maximum Gasteiger partial charge on any atom is 0.147 e. The summed E-state index contributed by atoms with van der Waals surface area (Å²) >= 11 is 0. The van der Waals surface area contributed by atoms with Crippen molar-refractivity contribution in [2.24, 2.45) is 11.7 Å². The van der Waals surface area contributed by atoms with Gasteiger partial charge < -0.3 is 10.3 Å². The van der Waals surface area contributed by atoms with Crippen LogP contribution >= 0.6 is 0 Å². The summed E-state index contributed by atoms with van der Waals surface area (Å²) in [5.74, 6) is 2.87. The Kier molecular flexibility index (Phi) is 3.05. The molecule has 0 aromatic carbocycles. The molecule has 84 valence electrons. The van der Waals surface area contributed by atoms with Gasteiger partial charge in [-0.1, -0.05) is 19.3 Å². The normalized spacial score (nSPS) is 17.1. The van der Waals surface area contributed by atoms with Crippen LogP contribution in [0.3, 0.4) is 0 Å². The summed E-state index contributed by atoms with van der Waals surface area (Å²) < 4.78 is 2.19. The van der Waals surface area contributed by atoms with Crippen molar-refractivity contribution in [3.63, 3.8) is 0 Å². The van der Waals surface area contributed by atoms with Crippen molar-refractivity contribution < 1.29 is 0 Å². The van der Waals surface area contributed by atoms with Gasteiger partial charge in [-0.3, -0.25) is 0 Å². The zero-order valence-corrected chi connectivity index (χ0v) is 9.61. The minimum atomic E-state index is 0.411. The van der Waals surface area contributed by atoms with E-state index in [1.807, 2.05) is 0 Å². The third kappa shape index (κ3) is 2.04. The Balaban J connectivity index is 2.17. The highest BCUT2D eigenvalue weighted by atomic mass is 15.3. The van der Waals surface area contributed by atoms with Crippen molar-refractivity contribution in [1.82, 2.24) is 14.8 Å². The van der Waals surface area contributed by atoms with E-state index in [-0.39, 0.29) is 0 Å². The summed E-state index contributed by atoms with van der Waals surface area (Å²) in [6.07, 6.45) is 5.15. The average Bonchev–Trinajstić information content (AvgIpc) is 2.54. The first-order chi connectivity index (χ1) is 7.22. The monoisotopic (exact) mass is 208 g/mol. The highest BCUT2D eigenvalue weighted by Gasteiger charge is 2.22. The van der Waals surface area contributed by atoms with Gasteiger partial charge >= 0.3 is 0 Å². The van der Waals surface area contributed by atoms with Crippen LogP contribution in [-0.4, -0.2) is 14.8 Å². The van der Waals surface area contributed by atoms with E-state index < -0.39 is 0 Å². The van der Waals surface area contributed by atoms with Gasteiger partial charge in [0, 0.05) is 12.5 Å². The molecule has 0 unspecified atom stereocenters. The highest BCUT2D eigenvalue weighted by Crippen LogP contribution is 2.29. The summed E-state index contributed by atoms with van der Waals surface area (Å²) in [5.41, 5.74) is 5.66. The van der Waals surface area contributed by atoms with Gasteiger partial charge in [0.05, 0.1) is 6.54 Å². The summed E-state index contributed by atoms with van der Waals surface area (Å²) in [6.45, 7) is 4.80. The number of nitrogens with zero attached hydrogens (tertiary/aromatic N) is 3. The van der Waals surface area contributed by atoms with E-state index in [1.54, 1.807) is 0 Å². The fourth-order valence-corrected chi connectivity index (χ4v) is 2.19. The lowest BCUT2D eigenvalue weighted by molar-refractivity contribution is 0.303. The van der Waals surface area contributed by atoms with Crippen LogP contribution < -0.4 is 5.73 Å². The van der Waals surface area contributed by atoms with Crippen molar-refractivity contribution in [3.05, 3.63) is 11.6 Å². The van der Waals surface area contributed by atoms with Crippen molar-refractivity contribution in [3.8, 4) is 0 Å². The van der Waals surface area contributed by atoms with Crippen LogP contribution in [0.25, 0.3) is 0 Å². The second kappa shape index (κ2) is 4.31. The molecular weight excluding hydrogens is 188 g/mol. The van der Waals surface area contributed by atoms with Gasteiger partial charge in [0.15, 0.2) is 0 Å². The van der Waals surface area contributed by atoms with Gasteiger partial charge in [0.1, 0.15) is 11.6 Å². The predicted molar refractivity (Wildman–Crippen MR) is 59.3 cm³/mol. The summed E-state index contributed by atoms with van der Waals surface area (Å²) in [7, 11) is 0. The summed E-state index contributed by atoms with van der Waals surface area (Å²) in [6, 6.07) is 0.411. The minimum absolute atomic E-state index is 0.411. The fraction of sp³-hybridized carbons (Fsp3) is 0.818. The standard InChI is InChI=1S/C11H20N4/c1-8(2)15-10(6-9-4-3-5-9)13-14-11(15)7-12/h8-9H,3-7,12H2,1-2H3. The minimum Gasteiger partial charge on any atom is -0.324 e. The maximum absolute atomic E-state index is 5.66. The summed E-state index contributed by atoms with van der Waals surface area (Å²) in [5, 5.41) is 8.42. The van der Waals surface area contributed by atoms with Gasteiger partial charge in [0.2, 0.25) is 0 Å². The Morgan fingerprint density at radius 1 is 1.33 bits per heavy atom. The van der Waals surface area contributed by atoms with Crippen molar-refractivity contribution in [2.75, 3.05) is 0 Å². The van der Waals surface area contributed by atoms with E-state index in [4.69, 9.17) is 5.73 Å². The highest BCUT2D eigenvalue weighted by molar-refractivity contribution is 4.99. The van der Waals surface area contributed by atoms with Crippen LogP contribution in [0, 0.1) is 5.92 Å². The van der Waals surface area contributed by atoms with Gasteiger partial charge in [-0.2, -0.15) is 0 Å². The smallest absolute Gasteiger partial charge is 0.147 e. The molecule has 0 amide bonds. The molecule has 1 aliphatic rings. The molecule has 1 fully saturated rings. The average molecular weight is 208 g/mol.